The van der Waals surface area contributed by atoms with E-state index in [1.165, 1.54) is 28.1 Å². The standard InChI is InChI=1S/C37H52N6O3Si/c1-7-34(44)41-20-22-42(23-21-41)35-31-17-19-43(33-16-10-13-28-12-8-9-15-30(28)33)26-32(31)38-36(39-35)45-27-29-14-11-18-40(29)24-25-46-47(5,6)37(2,3)4/h7-10,12-13,15-16,29H,1,11,14,17-27H2,2-6H3/t29-/m0/s1. The minimum atomic E-state index is -1.78. The molecule has 10 heteroatoms. The van der Waals surface area contributed by atoms with Crippen LogP contribution in [0.4, 0.5) is 11.5 Å². The highest BCUT2D eigenvalue weighted by molar-refractivity contribution is 6.74. The normalized spacial score (nSPS) is 19.3. The third-order valence-electron chi connectivity index (χ3n) is 10.7. The predicted octanol–water partition coefficient (Wildman–Crippen LogP) is 5.89. The van der Waals surface area contributed by atoms with Crippen LogP contribution in [0.25, 0.3) is 10.8 Å². The van der Waals surface area contributed by atoms with Gasteiger partial charge in [-0.15, -0.1) is 0 Å². The van der Waals surface area contributed by atoms with Crippen molar-refractivity contribution in [2.75, 3.05) is 68.8 Å². The number of ether oxygens (including phenoxy) is 1. The maximum Gasteiger partial charge on any atom is 0.318 e. The van der Waals surface area contributed by atoms with Crippen LogP contribution in [-0.2, 0) is 22.2 Å². The quantitative estimate of drug-likeness (QED) is 0.198. The second-order valence-corrected chi connectivity index (χ2v) is 19.5. The van der Waals surface area contributed by atoms with Crippen LogP contribution in [0.5, 0.6) is 6.01 Å². The smallest absolute Gasteiger partial charge is 0.318 e. The second-order valence-electron chi connectivity index (χ2n) is 14.7. The molecule has 0 N–H and O–H groups in total. The Morgan fingerprint density at radius 2 is 1.77 bits per heavy atom. The molecule has 4 heterocycles. The molecule has 252 valence electrons. The average molecular weight is 657 g/mol. The largest absolute Gasteiger partial charge is 0.462 e. The predicted molar refractivity (Wildman–Crippen MR) is 193 cm³/mol. The maximum atomic E-state index is 12.3. The first-order valence-corrected chi connectivity index (χ1v) is 20.2. The highest BCUT2D eigenvalue weighted by atomic mass is 28.4. The number of carbonyl (C=O) groups excluding carboxylic acids is 1. The van der Waals surface area contributed by atoms with E-state index in [1.54, 1.807) is 0 Å². The lowest BCUT2D eigenvalue weighted by Crippen LogP contribution is -2.49. The van der Waals surface area contributed by atoms with Gasteiger partial charge in [0.1, 0.15) is 12.4 Å². The van der Waals surface area contributed by atoms with Crippen LogP contribution in [0.1, 0.15) is 44.9 Å². The number of rotatable bonds is 10. The number of carbonyl (C=O) groups is 1. The van der Waals surface area contributed by atoms with Gasteiger partial charge in [0.25, 0.3) is 0 Å². The Morgan fingerprint density at radius 3 is 2.53 bits per heavy atom. The number of hydrogen-bond acceptors (Lipinski definition) is 8. The summed E-state index contributed by atoms with van der Waals surface area (Å²) in [6, 6.07) is 15.9. The molecule has 0 bridgehead atoms. The van der Waals surface area contributed by atoms with Crippen LogP contribution < -0.4 is 14.5 Å². The molecule has 1 aromatic heterocycles. The van der Waals surface area contributed by atoms with E-state index in [4.69, 9.17) is 19.1 Å². The van der Waals surface area contributed by atoms with E-state index >= 15 is 0 Å². The number of likely N-dealkylation sites (tertiary alicyclic amines) is 1. The van der Waals surface area contributed by atoms with Gasteiger partial charge in [-0.1, -0.05) is 63.7 Å². The van der Waals surface area contributed by atoms with Crippen LogP contribution in [0, 0.1) is 0 Å². The lowest BCUT2D eigenvalue weighted by Gasteiger charge is -2.38. The summed E-state index contributed by atoms with van der Waals surface area (Å²) < 4.78 is 13.0. The highest BCUT2D eigenvalue weighted by Crippen LogP contribution is 2.37. The summed E-state index contributed by atoms with van der Waals surface area (Å²) in [4.78, 5) is 31.6. The molecular weight excluding hydrogens is 605 g/mol. The molecule has 0 unspecified atom stereocenters. The van der Waals surface area contributed by atoms with Gasteiger partial charge in [-0.2, -0.15) is 9.97 Å². The first kappa shape index (κ1) is 33.4. The van der Waals surface area contributed by atoms with Crippen LogP contribution in [-0.4, -0.2) is 99.1 Å². The van der Waals surface area contributed by atoms with Crippen molar-refractivity contribution in [2.24, 2.45) is 0 Å². The molecule has 2 saturated heterocycles. The summed E-state index contributed by atoms with van der Waals surface area (Å²) in [6.07, 6.45) is 4.52. The number of hydrogen-bond donors (Lipinski definition) is 0. The number of amides is 1. The molecule has 3 aliphatic rings. The molecule has 9 nitrogen and oxygen atoms in total. The van der Waals surface area contributed by atoms with Gasteiger partial charge >= 0.3 is 6.01 Å². The number of piperazine rings is 1. The Balaban J connectivity index is 1.20. The van der Waals surface area contributed by atoms with E-state index in [2.05, 4.69) is 97.6 Å². The minimum absolute atomic E-state index is 0.0139. The summed E-state index contributed by atoms with van der Waals surface area (Å²) >= 11 is 0. The van der Waals surface area contributed by atoms with Crippen LogP contribution in [0.2, 0.25) is 18.1 Å². The Kier molecular flexibility index (Phi) is 9.92. The van der Waals surface area contributed by atoms with Crippen molar-refractivity contribution in [1.82, 2.24) is 19.8 Å². The lowest BCUT2D eigenvalue weighted by atomic mass is 10.0. The van der Waals surface area contributed by atoms with Crippen molar-refractivity contribution in [3.8, 4) is 6.01 Å². The van der Waals surface area contributed by atoms with E-state index in [0.29, 0.717) is 38.3 Å². The Bertz CT molecular complexity index is 1580. The van der Waals surface area contributed by atoms with Gasteiger partial charge in [-0.3, -0.25) is 9.69 Å². The highest BCUT2D eigenvalue weighted by Gasteiger charge is 2.37. The molecule has 0 saturated carbocycles. The van der Waals surface area contributed by atoms with Gasteiger partial charge in [-0.25, -0.2) is 0 Å². The van der Waals surface area contributed by atoms with E-state index < -0.39 is 8.32 Å². The summed E-state index contributed by atoms with van der Waals surface area (Å²) in [6.45, 7) is 22.8. The van der Waals surface area contributed by atoms with E-state index in [0.717, 1.165) is 70.1 Å². The summed E-state index contributed by atoms with van der Waals surface area (Å²) in [5, 5.41) is 2.70. The van der Waals surface area contributed by atoms with E-state index in [9.17, 15) is 4.79 Å². The molecule has 0 radical (unpaired) electrons. The molecule has 1 amide bonds. The molecule has 2 fully saturated rings. The Morgan fingerprint density at radius 1 is 1.00 bits per heavy atom. The van der Waals surface area contributed by atoms with Crippen molar-refractivity contribution >= 4 is 36.5 Å². The molecule has 0 aliphatic carbocycles. The van der Waals surface area contributed by atoms with Gasteiger partial charge in [0.15, 0.2) is 8.32 Å². The SMILES string of the molecule is C=CC(=O)N1CCN(c2nc(OC[C@@H]3CCCN3CCO[Si](C)(C)C(C)(C)C)nc3c2CCN(c2cccc4ccccc24)C3)CC1. The Hall–Kier alpha value is -3.47. The van der Waals surface area contributed by atoms with Gasteiger partial charge < -0.3 is 23.9 Å². The van der Waals surface area contributed by atoms with Gasteiger partial charge in [-0.05, 0) is 61.5 Å². The fourth-order valence-corrected chi connectivity index (χ4v) is 7.89. The number of anilines is 2. The molecule has 2 aromatic carbocycles. The van der Waals surface area contributed by atoms with Crippen molar-refractivity contribution in [1.29, 1.82) is 0 Å². The molecule has 3 aromatic rings. The van der Waals surface area contributed by atoms with Crippen molar-refractivity contribution in [2.45, 2.75) is 70.8 Å². The molecule has 6 rings (SSSR count). The fourth-order valence-electron chi connectivity index (χ4n) is 6.86. The molecule has 47 heavy (non-hydrogen) atoms. The summed E-state index contributed by atoms with van der Waals surface area (Å²) in [7, 11) is -1.78. The second kappa shape index (κ2) is 13.9. The van der Waals surface area contributed by atoms with Gasteiger partial charge in [0.2, 0.25) is 5.91 Å². The monoisotopic (exact) mass is 656 g/mol. The number of nitrogens with zero attached hydrogens (tertiary/aromatic N) is 6. The van der Waals surface area contributed by atoms with Crippen LogP contribution in [0.15, 0.2) is 55.1 Å². The molecule has 3 aliphatic heterocycles. The zero-order valence-corrected chi connectivity index (χ0v) is 30.0. The lowest BCUT2D eigenvalue weighted by molar-refractivity contribution is -0.126. The van der Waals surface area contributed by atoms with Crippen molar-refractivity contribution in [3.63, 3.8) is 0 Å². The molecule has 0 spiro atoms. The number of fused-ring (bicyclic) bond motifs is 2. The fraction of sp³-hybridized carbons (Fsp3) is 0.541. The van der Waals surface area contributed by atoms with Gasteiger partial charge in [0.05, 0.1) is 12.2 Å². The number of benzene rings is 2. The third kappa shape index (κ3) is 7.34. The van der Waals surface area contributed by atoms with E-state index in [1.807, 2.05) is 4.90 Å². The summed E-state index contributed by atoms with van der Waals surface area (Å²) in [5.41, 5.74) is 3.46. The minimum Gasteiger partial charge on any atom is -0.462 e. The van der Waals surface area contributed by atoms with E-state index in [-0.39, 0.29) is 10.9 Å². The maximum absolute atomic E-state index is 12.3. The zero-order valence-electron chi connectivity index (χ0n) is 29.0. The van der Waals surface area contributed by atoms with Crippen LogP contribution >= 0.6 is 0 Å². The Labute approximate surface area is 281 Å². The van der Waals surface area contributed by atoms with Crippen molar-refractivity contribution < 1.29 is 14.0 Å². The van der Waals surface area contributed by atoms with Crippen LogP contribution in [0.3, 0.4) is 0 Å². The van der Waals surface area contributed by atoms with Crippen molar-refractivity contribution in [3.05, 3.63) is 66.4 Å². The van der Waals surface area contributed by atoms with Gasteiger partial charge in [0, 0.05) is 68.6 Å². The molecule has 1 atom stereocenters. The molecular formula is C37H52N6O3Si. The third-order valence-corrected chi connectivity index (χ3v) is 15.3. The topological polar surface area (TPSA) is 74.3 Å². The zero-order chi connectivity index (χ0) is 33.2. The number of aromatic nitrogens is 2. The first-order valence-electron chi connectivity index (χ1n) is 17.3. The first-order chi connectivity index (χ1) is 22.5. The summed E-state index contributed by atoms with van der Waals surface area (Å²) in [5.74, 6) is 0.944. The average Bonchev–Trinajstić information content (AvgIpc) is 3.52.